The Labute approximate surface area is 172 Å². The topological polar surface area (TPSA) is 129 Å². The molecule has 28 heavy (non-hydrogen) atoms. The number of hydrogen-bond acceptors (Lipinski definition) is 8. The summed E-state index contributed by atoms with van der Waals surface area (Å²) < 4.78 is 16.7. The van der Waals surface area contributed by atoms with Gasteiger partial charge in [-0.2, -0.15) is 0 Å². The van der Waals surface area contributed by atoms with Crippen LogP contribution in [0.15, 0.2) is 24.3 Å². The summed E-state index contributed by atoms with van der Waals surface area (Å²) >= 11 is 0. The molecule has 8 atom stereocenters. The summed E-state index contributed by atoms with van der Waals surface area (Å²) in [5.74, 6) is 1.09. The van der Waals surface area contributed by atoms with Gasteiger partial charge in [0.05, 0.1) is 20.3 Å². The number of aliphatic hydroxyl groups excluding tert-OH is 5. The van der Waals surface area contributed by atoms with Gasteiger partial charge >= 0.3 is 0 Å². The van der Waals surface area contributed by atoms with Crippen molar-refractivity contribution >= 4 is 10.9 Å². The van der Waals surface area contributed by atoms with Gasteiger partial charge < -0.3 is 52.2 Å². The zero-order valence-electron chi connectivity index (χ0n) is 15.4. The van der Waals surface area contributed by atoms with Crippen molar-refractivity contribution < 1.29 is 52.2 Å². The Balaban J connectivity index is 0.00000280. The van der Waals surface area contributed by atoms with Crippen LogP contribution in [0.25, 0.3) is 0 Å². The van der Waals surface area contributed by atoms with Crippen molar-refractivity contribution in [1.82, 2.24) is 0 Å². The van der Waals surface area contributed by atoms with Gasteiger partial charge in [0.1, 0.15) is 47.8 Å². The van der Waals surface area contributed by atoms with Crippen LogP contribution in [0.3, 0.4) is 0 Å². The Kier molecular flexibility index (Phi) is 8.80. The van der Waals surface area contributed by atoms with E-state index in [4.69, 9.17) is 14.2 Å². The number of hydrogen-bond donors (Lipinski definition) is 5. The molecule has 2 fully saturated rings. The van der Waals surface area contributed by atoms with Crippen molar-refractivity contribution in [2.24, 2.45) is 0 Å². The van der Waals surface area contributed by atoms with Crippen LogP contribution in [0.5, 0.6) is 5.75 Å². The molecule has 10 heteroatoms. The molecule has 2 aliphatic heterocycles. The highest BCUT2D eigenvalue weighted by Crippen LogP contribution is 2.34. The van der Waals surface area contributed by atoms with Gasteiger partial charge in [0.2, 0.25) is 0 Å². The molecule has 5 N–H and O–H groups in total. The zero-order valence-corrected chi connectivity index (χ0v) is 17.0. The highest BCUT2D eigenvalue weighted by molar-refractivity contribution is 7.97. The summed E-state index contributed by atoms with van der Waals surface area (Å²) in [7, 11) is 0.947. The van der Waals surface area contributed by atoms with Gasteiger partial charge in [0, 0.05) is 16.5 Å². The number of ether oxygens (including phenoxy) is 3. The third-order valence-electron chi connectivity index (χ3n) is 5.00. The number of methoxy groups -OCH3 is 1. The number of benzene rings is 1. The second kappa shape index (κ2) is 10.4. The number of rotatable bonds is 6. The lowest BCUT2D eigenvalue weighted by atomic mass is 10.1. The minimum Gasteiger partial charge on any atom is -1.00 e. The molecule has 0 aromatic heterocycles. The predicted molar refractivity (Wildman–Crippen MR) is 98.6 cm³/mol. The molecule has 3 rings (SSSR count). The lowest BCUT2D eigenvalue weighted by molar-refractivity contribution is -0.273. The summed E-state index contributed by atoms with van der Waals surface area (Å²) in [5, 5.41) is 49.7. The highest BCUT2D eigenvalue weighted by Gasteiger charge is 2.51. The van der Waals surface area contributed by atoms with E-state index in [9.17, 15) is 25.5 Å². The fourth-order valence-corrected chi connectivity index (χ4v) is 6.21. The lowest BCUT2D eigenvalue weighted by Crippen LogP contribution is -3.00. The molecule has 160 valence electrons. The molecule has 2 saturated heterocycles. The summed E-state index contributed by atoms with van der Waals surface area (Å²) in [6, 6.07) is 7.19. The van der Waals surface area contributed by atoms with Gasteiger partial charge in [0.25, 0.3) is 0 Å². The minimum absolute atomic E-state index is 0. The Morgan fingerprint density at radius 3 is 2.61 bits per heavy atom. The molecular weight excluding hydrogens is 412 g/mol. The molecule has 2 heterocycles. The summed E-state index contributed by atoms with van der Waals surface area (Å²) in [6.07, 6.45) is -5.65. The van der Waals surface area contributed by atoms with Crippen LogP contribution in [0.2, 0.25) is 0 Å². The number of halogens is 1. The molecule has 0 aliphatic carbocycles. The second-order valence-electron chi connectivity index (χ2n) is 6.79. The van der Waals surface area contributed by atoms with Crippen molar-refractivity contribution in [1.29, 1.82) is 0 Å². The monoisotopic (exact) mass is 438 g/mol. The van der Waals surface area contributed by atoms with Crippen LogP contribution < -0.4 is 17.1 Å². The third-order valence-corrected chi connectivity index (χ3v) is 7.83. The molecule has 2 unspecified atom stereocenters. The maximum absolute atomic E-state index is 10.7. The summed E-state index contributed by atoms with van der Waals surface area (Å²) in [5.41, 5.74) is 0.659. The molecule has 1 aromatic rings. The largest absolute Gasteiger partial charge is 1.00 e. The zero-order chi connectivity index (χ0) is 19.6. The van der Waals surface area contributed by atoms with Crippen LogP contribution >= 0.6 is 0 Å². The van der Waals surface area contributed by atoms with Crippen LogP contribution in [-0.2, 0) is 20.4 Å². The van der Waals surface area contributed by atoms with Gasteiger partial charge in [-0.05, 0) is 6.07 Å². The van der Waals surface area contributed by atoms with Crippen molar-refractivity contribution in [3.8, 4) is 5.75 Å². The fraction of sp³-hybridized carbons (Fsp3) is 0.667. The molecule has 0 spiro atoms. The van der Waals surface area contributed by atoms with Gasteiger partial charge in [-0.1, -0.05) is 18.2 Å². The van der Waals surface area contributed by atoms with Gasteiger partial charge in [-0.3, -0.25) is 0 Å². The SMILES string of the molecule is COc1ccccc1C1OC[C@@H](O)[C@@H]([C@H](O)C[S+]2C[C@@H](O)[C@H](O)[C@H]2CO)O1.[Cl-]. The van der Waals surface area contributed by atoms with Crippen LogP contribution in [0, 0.1) is 0 Å². The highest BCUT2D eigenvalue weighted by atomic mass is 35.5. The molecular formula is C18H27ClO8S. The quantitative estimate of drug-likeness (QED) is 0.281. The van der Waals surface area contributed by atoms with E-state index in [1.165, 1.54) is 7.11 Å². The van der Waals surface area contributed by atoms with Crippen molar-refractivity contribution in [3.63, 3.8) is 0 Å². The third kappa shape index (κ3) is 4.92. The Morgan fingerprint density at radius 2 is 1.93 bits per heavy atom. The Bertz CT molecular complexity index is 623. The van der Waals surface area contributed by atoms with Crippen LogP contribution in [0.1, 0.15) is 11.9 Å². The molecule has 2 aliphatic rings. The van der Waals surface area contributed by atoms with Crippen LogP contribution in [0.4, 0.5) is 0 Å². The van der Waals surface area contributed by atoms with E-state index >= 15 is 0 Å². The standard InChI is InChI=1S/C18H27O8S.ClH/c1-24-14-5-3-2-4-10(14)18-25-7-11(20)17(26-18)13(22)9-27-8-12(21)16(23)15(27)6-19;/h2-5,11-13,15-23H,6-9H2,1H3;1H/q+1;/p-1/t11-,12-,13-,15-,16+,17+,18?,27?;/m1./s1. The second-order valence-corrected chi connectivity index (χ2v) is 9.14. The van der Waals surface area contributed by atoms with Crippen molar-refractivity contribution in [2.75, 3.05) is 31.8 Å². The Morgan fingerprint density at radius 1 is 1.21 bits per heavy atom. The van der Waals surface area contributed by atoms with Crippen molar-refractivity contribution in [2.45, 2.75) is 42.1 Å². The van der Waals surface area contributed by atoms with E-state index < -0.39 is 53.0 Å². The number of aliphatic hydroxyl groups is 5. The fourth-order valence-electron chi connectivity index (χ4n) is 3.53. The Hall–Kier alpha value is -0.620. The lowest BCUT2D eigenvalue weighted by Gasteiger charge is -2.36. The first kappa shape index (κ1) is 23.7. The van der Waals surface area contributed by atoms with E-state index in [0.29, 0.717) is 17.1 Å². The molecule has 0 bridgehead atoms. The average Bonchev–Trinajstić information content (AvgIpc) is 2.94. The normalized spacial score (nSPS) is 36.6. The molecule has 8 nitrogen and oxygen atoms in total. The summed E-state index contributed by atoms with van der Waals surface area (Å²) in [6.45, 7) is -0.276. The summed E-state index contributed by atoms with van der Waals surface area (Å²) in [4.78, 5) is 0. The van der Waals surface area contributed by atoms with Gasteiger partial charge in [-0.15, -0.1) is 0 Å². The molecule has 1 aromatic carbocycles. The van der Waals surface area contributed by atoms with Gasteiger partial charge in [-0.25, -0.2) is 0 Å². The number of para-hydroxylation sites is 1. The molecule has 0 radical (unpaired) electrons. The average molecular weight is 439 g/mol. The minimum atomic E-state index is -1.03. The first-order chi connectivity index (χ1) is 13.0. The smallest absolute Gasteiger partial charge is 0.188 e. The van der Waals surface area contributed by atoms with E-state index in [1.807, 2.05) is 12.1 Å². The van der Waals surface area contributed by atoms with E-state index in [-0.39, 0.29) is 31.4 Å². The van der Waals surface area contributed by atoms with Gasteiger partial charge in [0.15, 0.2) is 11.5 Å². The van der Waals surface area contributed by atoms with E-state index in [1.54, 1.807) is 12.1 Å². The first-order valence-electron chi connectivity index (χ1n) is 8.85. The maximum atomic E-state index is 10.7. The maximum Gasteiger partial charge on any atom is 0.188 e. The predicted octanol–water partition coefficient (Wildman–Crippen LogP) is -4.45. The molecule has 0 saturated carbocycles. The van der Waals surface area contributed by atoms with Crippen LogP contribution in [-0.4, -0.2) is 93.1 Å². The van der Waals surface area contributed by atoms with Crippen molar-refractivity contribution in [3.05, 3.63) is 29.8 Å². The molecule has 0 amide bonds. The first-order valence-corrected chi connectivity index (χ1v) is 10.5. The van der Waals surface area contributed by atoms with E-state index in [0.717, 1.165) is 0 Å². The van der Waals surface area contributed by atoms with E-state index in [2.05, 4.69) is 0 Å².